The Labute approximate surface area is 143 Å². The van der Waals surface area contributed by atoms with E-state index < -0.39 is 0 Å². The third-order valence-corrected chi connectivity index (χ3v) is 4.80. The molecular weight excluding hydrogens is 288 g/mol. The number of hydrogen-bond donors (Lipinski definition) is 0. The fourth-order valence-electron chi connectivity index (χ4n) is 3.62. The normalized spacial score (nSPS) is 12.0. The quantitative estimate of drug-likeness (QED) is 0.333. The van der Waals surface area contributed by atoms with Crippen LogP contribution in [0.3, 0.4) is 0 Å². The minimum absolute atomic E-state index is 0.109. The van der Waals surface area contributed by atoms with Gasteiger partial charge in [0.05, 0.1) is 0 Å². The van der Waals surface area contributed by atoms with Gasteiger partial charge in [0.2, 0.25) is 0 Å². The molecule has 4 aromatic rings. The number of rotatable bonds is 1. The molecule has 0 nitrogen and oxygen atoms in total. The number of benzene rings is 4. The molecule has 0 saturated heterocycles. The highest BCUT2D eigenvalue weighted by atomic mass is 14.2. The van der Waals surface area contributed by atoms with Crippen LogP contribution in [0.15, 0.2) is 78.9 Å². The molecule has 0 saturated carbocycles. The molecule has 0 aliphatic carbocycles. The molecule has 0 spiro atoms. The lowest BCUT2D eigenvalue weighted by atomic mass is 9.81. The Morgan fingerprint density at radius 3 is 1.83 bits per heavy atom. The molecule has 0 aliphatic rings. The van der Waals surface area contributed by atoms with E-state index in [0.717, 1.165) is 0 Å². The summed E-state index contributed by atoms with van der Waals surface area (Å²) in [5, 5.41) is 5.38. The van der Waals surface area contributed by atoms with Crippen LogP contribution in [0, 0.1) is 0 Å². The van der Waals surface area contributed by atoms with Crippen molar-refractivity contribution >= 4 is 21.5 Å². The molecule has 0 amide bonds. The highest BCUT2D eigenvalue weighted by Gasteiger charge is 2.19. The molecule has 0 heterocycles. The minimum Gasteiger partial charge on any atom is -0.0622 e. The lowest BCUT2D eigenvalue weighted by molar-refractivity contribution is 0.596. The summed E-state index contributed by atoms with van der Waals surface area (Å²) in [6.07, 6.45) is 0. The first-order chi connectivity index (χ1) is 11.6. The zero-order valence-electron chi connectivity index (χ0n) is 14.5. The zero-order valence-corrected chi connectivity index (χ0v) is 14.5. The van der Waals surface area contributed by atoms with Crippen molar-refractivity contribution in [3.05, 3.63) is 84.4 Å². The second kappa shape index (κ2) is 5.49. The monoisotopic (exact) mass is 310 g/mol. The molecule has 24 heavy (non-hydrogen) atoms. The summed E-state index contributed by atoms with van der Waals surface area (Å²) in [6, 6.07) is 28.5. The molecule has 0 fully saturated rings. The van der Waals surface area contributed by atoms with Crippen LogP contribution in [0.4, 0.5) is 0 Å². The van der Waals surface area contributed by atoms with E-state index in [9.17, 15) is 0 Å². The molecule has 0 unspecified atom stereocenters. The molecule has 0 heteroatoms. The highest BCUT2D eigenvalue weighted by molar-refractivity contribution is 6.13. The third kappa shape index (κ3) is 2.39. The van der Waals surface area contributed by atoms with Crippen LogP contribution in [-0.2, 0) is 5.41 Å². The first kappa shape index (κ1) is 15.0. The largest absolute Gasteiger partial charge is 0.0622 e. The van der Waals surface area contributed by atoms with Gasteiger partial charge in [-0.05, 0) is 49.7 Å². The minimum atomic E-state index is 0.109. The molecule has 0 radical (unpaired) electrons. The lowest BCUT2D eigenvalue weighted by Gasteiger charge is -2.23. The first-order valence-electron chi connectivity index (χ1n) is 8.56. The van der Waals surface area contributed by atoms with Gasteiger partial charge in [0.15, 0.2) is 0 Å². The van der Waals surface area contributed by atoms with Crippen LogP contribution >= 0.6 is 0 Å². The van der Waals surface area contributed by atoms with Crippen molar-refractivity contribution in [2.75, 3.05) is 0 Å². The van der Waals surface area contributed by atoms with Gasteiger partial charge in [0.25, 0.3) is 0 Å². The molecule has 4 aromatic carbocycles. The van der Waals surface area contributed by atoms with E-state index in [4.69, 9.17) is 0 Å². The van der Waals surface area contributed by atoms with Crippen LogP contribution in [0.2, 0.25) is 0 Å². The summed E-state index contributed by atoms with van der Waals surface area (Å²) in [4.78, 5) is 0. The van der Waals surface area contributed by atoms with Gasteiger partial charge in [0, 0.05) is 0 Å². The molecule has 0 aliphatic heterocycles. The average molecular weight is 310 g/mol. The van der Waals surface area contributed by atoms with Crippen molar-refractivity contribution in [3.63, 3.8) is 0 Å². The Bertz CT molecular complexity index is 1020. The summed E-state index contributed by atoms with van der Waals surface area (Å²) in [7, 11) is 0. The third-order valence-electron chi connectivity index (χ3n) is 4.80. The van der Waals surface area contributed by atoms with Gasteiger partial charge in [-0.2, -0.15) is 0 Å². The number of fused-ring (bicyclic) bond motifs is 3. The van der Waals surface area contributed by atoms with Gasteiger partial charge >= 0.3 is 0 Å². The SMILES string of the molecule is CC(C)(C)c1cc2c(-c3ccccc3)cccc2c2ccccc12. The van der Waals surface area contributed by atoms with E-state index in [1.165, 1.54) is 38.2 Å². The van der Waals surface area contributed by atoms with Gasteiger partial charge in [0.1, 0.15) is 0 Å². The Kier molecular flexibility index (Phi) is 3.42. The zero-order chi connectivity index (χ0) is 16.7. The Morgan fingerprint density at radius 1 is 0.542 bits per heavy atom. The summed E-state index contributed by atoms with van der Waals surface area (Å²) >= 11 is 0. The van der Waals surface area contributed by atoms with Crippen molar-refractivity contribution in [1.29, 1.82) is 0 Å². The molecule has 0 N–H and O–H groups in total. The lowest BCUT2D eigenvalue weighted by Crippen LogP contribution is -2.11. The van der Waals surface area contributed by atoms with Crippen LogP contribution < -0.4 is 0 Å². The molecule has 118 valence electrons. The summed E-state index contributed by atoms with van der Waals surface area (Å²) in [6.45, 7) is 6.89. The summed E-state index contributed by atoms with van der Waals surface area (Å²) in [5.41, 5.74) is 4.11. The van der Waals surface area contributed by atoms with E-state index in [1.54, 1.807) is 0 Å². The predicted octanol–water partition coefficient (Wildman–Crippen LogP) is 6.96. The van der Waals surface area contributed by atoms with Crippen molar-refractivity contribution in [2.45, 2.75) is 26.2 Å². The van der Waals surface area contributed by atoms with Crippen molar-refractivity contribution in [2.24, 2.45) is 0 Å². The van der Waals surface area contributed by atoms with E-state index in [1.807, 2.05) is 0 Å². The van der Waals surface area contributed by atoms with Crippen LogP contribution in [0.25, 0.3) is 32.7 Å². The predicted molar refractivity (Wildman–Crippen MR) is 106 cm³/mol. The number of hydrogen-bond acceptors (Lipinski definition) is 0. The van der Waals surface area contributed by atoms with Crippen LogP contribution in [-0.4, -0.2) is 0 Å². The Balaban J connectivity index is 2.18. The maximum absolute atomic E-state index is 2.40. The second-order valence-electron chi connectivity index (χ2n) is 7.49. The summed E-state index contributed by atoms with van der Waals surface area (Å²) < 4.78 is 0. The van der Waals surface area contributed by atoms with Crippen molar-refractivity contribution in [3.8, 4) is 11.1 Å². The molecular formula is C24H22. The second-order valence-corrected chi connectivity index (χ2v) is 7.49. The average Bonchev–Trinajstić information content (AvgIpc) is 2.60. The first-order valence-corrected chi connectivity index (χ1v) is 8.56. The molecule has 0 atom stereocenters. The van der Waals surface area contributed by atoms with E-state index in [2.05, 4.69) is 99.6 Å². The maximum Gasteiger partial charge on any atom is -0.00960 e. The summed E-state index contributed by atoms with van der Waals surface area (Å²) in [5.74, 6) is 0. The standard InChI is InChI=1S/C24H22/c1-24(2,3)23-16-22-18(17-10-5-4-6-11-17)14-9-15-20(22)19-12-7-8-13-21(19)23/h4-16H,1-3H3. The fraction of sp³-hybridized carbons (Fsp3) is 0.167. The van der Waals surface area contributed by atoms with Gasteiger partial charge in [-0.1, -0.05) is 93.6 Å². The van der Waals surface area contributed by atoms with Crippen molar-refractivity contribution in [1.82, 2.24) is 0 Å². The molecule has 4 rings (SSSR count). The van der Waals surface area contributed by atoms with Gasteiger partial charge < -0.3 is 0 Å². The van der Waals surface area contributed by atoms with E-state index in [0.29, 0.717) is 0 Å². The van der Waals surface area contributed by atoms with E-state index >= 15 is 0 Å². The van der Waals surface area contributed by atoms with E-state index in [-0.39, 0.29) is 5.41 Å². The topological polar surface area (TPSA) is 0 Å². The van der Waals surface area contributed by atoms with Crippen LogP contribution in [0.1, 0.15) is 26.3 Å². The smallest absolute Gasteiger partial charge is 0.00960 e. The van der Waals surface area contributed by atoms with Crippen LogP contribution in [0.5, 0.6) is 0 Å². The Morgan fingerprint density at radius 2 is 1.12 bits per heavy atom. The fourth-order valence-corrected chi connectivity index (χ4v) is 3.62. The van der Waals surface area contributed by atoms with Gasteiger partial charge in [-0.25, -0.2) is 0 Å². The van der Waals surface area contributed by atoms with Gasteiger partial charge in [-0.15, -0.1) is 0 Å². The molecule has 0 aromatic heterocycles. The molecule has 0 bridgehead atoms. The maximum atomic E-state index is 2.40. The van der Waals surface area contributed by atoms with Crippen molar-refractivity contribution < 1.29 is 0 Å². The van der Waals surface area contributed by atoms with Gasteiger partial charge in [-0.3, -0.25) is 0 Å². The Hall–Kier alpha value is -2.60. The highest BCUT2D eigenvalue weighted by Crippen LogP contribution is 2.38.